The van der Waals surface area contributed by atoms with Crippen LogP contribution in [0.3, 0.4) is 0 Å². The molecule has 0 unspecified atom stereocenters. The lowest BCUT2D eigenvalue weighted by Crippen LogP contribution is -2.37. The lowest BCUT2D eigenvalue weighted by Gasteiger charge is -2.27. The van der Waals surface area contributed by atoms with Gasteiger partial charge in [0.05, 0.1) is 11.9 Å². The van der Waals surface area contributed by atoms with Crippen molar-refractivity contribution >= 4 is 16.7 Å². The molecule has 10 heteroatoms. The van der Waals surface area contributed by atoms with Gasteiger partial charge < -0.3 is 9.47 Å². The Balaban J connectivity index is 1.55. The SMILES string of the molecule is Cn1cnnc1-c1nn(C)c2c1CN(C(=O)c1n[nH]c(=O)c3ccccc13)CC2. The van der Waals surface area contributed by atoms with Crippen molar-refractivity contribution in [3.05, 3.63) is 57.9 Å². The van der Waals surface area contributed by atoms with Crippen LogP contribution in [0.5, 0.6) is 0 Å². The lowest BCUT2D eigenvalue weighted by atomic mass is 10.0. The summed E-state index contributed by atoms with van der Waals surface area (Å²) in [6.07, 6.45) is 2.29. The first-order valence-corrected chi connectivity index (χ1v) is 9.20. The van der Waals surface area contributed by atoms with Gasteiger partial charge in [0.1, 0.15) is 12.0 Å². The van der Waals surface area contributed by atoms with Crippen molar-refractivity contribution < 1.29 is 4.79 Å². The number of H-pyrrole nitrogens is 1. The van der Waals surface area contributed by atoms with Gasteiger partial charge >= 0.3 is 0 Å². The summed E-state index contributed by atoms with van der Waals surface area (Å²) in [5.74, 6) is 0.430. The van der Waals surface area contributed by atoms with E-state index in [1.54, 1.807) is 40.1 Å². The van der Waals surface area contributed by atoms with Crippen LogP contribution in [-0.2, 0) is 27.1 Å². The largest absolute Gasteiger partial charge is 0.332 e. The van der Waals surface area contributed by atoms with E-state index in [9.17, 15) is 9.59 Å². The fraction of sp³-hybridized carbons (Fsp3) is 0.263. The normalized spacial score (nSPS) is 13.7. The van der Waals surface area contributed by atoms with E-state index in [-0.39, 0.29) is 17.2 Å². The van der Waals surface area contributed by atoms with E-state index >= 15 is 0 Å². The molecule has 0 radical (unpaired) electrons. The van der Waals surface area contributed by atoms with Crippen LogP contribution < -0.4 is 5.56 Å². The van der Waals surface area contributed by atoms with Crippen LogP contribution in [0, 0.1) is 0 Å². The second-order valence-corrected chi connectivity index (χ2v) is 7.09. The Kier molecular flexibility index (Phi) is 3.79. The molecule has 0 saturated heterocycles. The third kappa shape index (κ3) is 2.64. The summed E-state index contributed by atoms with van der Waals surface area (Å²) >= 11 is 0. The summed E-state index contributed by atoms with van der Waals surface area (Å²) in [5, 5.41) is 20.2. The van der Waals surface area contributed by atoms with Crippen LogP contribution in [0.15, 0.2) is 35.4 Å². The van der Waals surface area contributed by atoms with Crippen LogP contribution in [0.2, 0.25) is 0 Å². The van der Waals surface area contributed by atoms with E-state index in [0.717, 1.165) is 17.0 Å². The minimum Gasteiger partial charge on any atom is -0.332 e. The van der Waals surface area contributed by atoms with Crippen molar-refractivity contribution in [3.8, 4) is 11.5 Å². The van der Waals surface area contributed by atoms with E-state index < -0.39 is 0 Å². The summed E-state index contributed by atoms with van der Waals surface area (Å²) in [6, 6.07) is 6.99. The molecule has 0 bridgehead atoms. The van der Waals surface area contributed by atoms with Gasteiger partial charge in [0, 0.05) is 43.7 Å². The van der Waals surface area contributed by atoms with Crippen LogP contribution in [0.25, 0.3) is 22.3 Å². The first-order valence-electron chi connectivity index (χ1n) is 9.20. The summed E-state index contributed by atoms with van der Waals surface area (Å²) in [6.45, 7) is 0.929. The van der Waals surface area contributed by atoms with E-state index in [1.165, 1.54) is 0 Å². The molecule has 1 N–H and O–H groups in total. The van der Waals surface area contributed by atoms with Gasteiger partial charge in [-0.1, -0.05) is 18.2 Å². The molecular formula is C19H18N8O2. The number of aromatic nitrogens is 7. The van der Waals surface area contributed by atoms with Gasteiger partial charge in [0.2, 0.25) is 0 Å². The highest BCUT2D eigenvalue weighted by atomic mass is 16.2. The second-order valence-electron chi connectivity index (χ2n) is 7.09. The Hall–Kier alpha value is -3.82. The third-order valence-corrected chi connectivity index (χ3v) is 5.35. The van der Waals surface area contributed by atoms with E-state index in [1.807, 2.05) is 18.8 Å². The molecule has 1 aliphatic heterocycles. The molecule has 1 amide bonds. The molecule has 10 nitrogen and oxygen atoms in total. The van der Waals surface area contributed by atoms with Crippen molar-refractivity contribution in [3.63, 3.8) is 0 Å². The highest BCUT2D eigenvalue weighted by Gasteiger charge is 2.30. The van der Waals surface area contributed by atoms with Crippen LogP contribution >= 0.6 is 0 Å². The Morgan fingerprint density at radius 1 is 1.17 bits per heavy atom. The predicted octanol–water partition coefficient (Wildman–Crippen LogP) is 0.651. The zero-order valence-electron chi connectivity index (χ0n) is 16.0. The average molecular weight is 390 g/mol. The zero-order valence-corrected chi connectivity index (χ0v) is 16.0. The minimum absolute atomic E-state index is 0.226. The monoisotopic (exact) mass is 390 g/mol. The molecule has 0 aliphatic carbocycles. The third-order valence-electron chi connectivity index (χ3n) is 5.35. The van der Waals surface area contributed by atoms with Gasteiger partial charge in [-0.2, -0.15) is 10.2 Å². The molecule has 0 fully saturated rings. The zero-order chi connectivity index (χ0) is 20.1. The number of aryl methyl sites for hydroxylation is 2. The molecular weight excluding hydrogens is 372 g/mol. The molecule has 4 aromatic rings. The number of benzene rings is 1. The second kappa shape index (κ2) is 6.36. The van der Waals surface area contributed by atoms with E-state index in [2.05, 4.69) is 25.5 Å². The van der Waals surface area contributed by atoms with Gasteiger partial charge in [0.25, 0.3) is 11.5 Å². The molecule has 0 saturated carbocycles. The van der Waals surface area contributed by atoms with Crippen LogP contribution in [0.4, 0.5) is 0 Å². The molecule has 1 aliphatic rings. The molecule has 5 rings (SSSR count). The minimum atomic E-state index is -0.310. The van der Waals surface area contributed by atoms with Crippen molar-refractivity contribution in [1.82, 2.24) is 39.6 Å². The number of carbonyl (C=O) groups is 1. The molecule has 146 valence electrons. The highest BCUT2D eigenvalue weighted by Crippen LogP contribution is 2.29. The highest BCUT2D eigenvalue weighted by molar-refractivity contribution is 6.04. The maximum atomic E-state index is 13.3. The fourth-order valence-electron chi connectivity index (χ4n) is 3.87. The van der Waals surface area contributed by atoms with Gasteiger partial charge in [-0.3, -0.25) is 14.3 Å². The lowest BCUT2D eigenvalue weighted by molar-refractivity contribution is 0.0728. The van der Waals surface area contributed by atoms with Crippen LogP contribution in [0.1, 0.15) is 21.7 Å². The van der Waals surface area contributed by atoms with E-state index in [0.29, 0.717) is 36.1 Å². The van der Waals surface area contributed by atoms with Crippen molar-refractivity contribution in [2.45, 2.75) is 13.0 Å². The summed E-state index contributed by atoms with van der Waals surface area (Å²) in [7, 11) is 3.76. The number of carbonyl (C=O) groups excluding carboxylic acids is 1. The smallest absolute Gasteiger partial charge is 0.275 e. The summed E-state index contributed by atoms with van der Waals surface area (Å²) < 4.78 is 3.65. The Labute approximate surface area is 164 Å². The average Bonchev–Trinajstić information content (AvgIpc) is 3.30. The van der Waals surface area contributed by atoms with Gasteiger partial charge in [-0.25, -0.2) is 5.10 Å². The number of aromatic amines is 1. The van der Waals surface area contributed by atoms with E-state index in [4.69, 9.17) is 0 Å². The molecule has 3 aromatic heterocycles. The Morgan fingerprint density at radius 2 is 1.97 bits per heavy atom. The number of nitrogens with one attached hydrogen (secondary N) is 1. The maximum Gasteiger partial charge on any atom is 0.275 e. The number of rotatable bonds is 2. The van der Waals surface area contributed by atoms with Crippen molar-refractivity contribution in [1.29, 1.82) is 0 Å². The number of fused-ring (bicyclic) bond motifs is 2. The predicted molar refractivity (Wildman–Crippen MR) is 104 cm³/mol. The number of hydrogen-bond acceptors (Lipinski definition) is 6. The first kappa shape index (κ1) is 17.3. The molecule has 0 atom stereocenters. The molecule has 4 heterocycles. The first-order chi connectivity index (χ1) is 14.0. The fourth-order valence-corrected chi connectivity index (χ4v) is 3.87. The number of hydrogen-bond donors (Lipinski definition) is 1. The number of nitrogens with zero attached hydrogens (tertiary/aromatic N) is 7. The van der Waals surface area contributed by atoms with Crippen molar-refractivity contribution in [2.24, 2.45) is 14.1 Å². The van der Waals surface area contributed by atoms with Gasteiger partial charge in [-0.15, -0.1) is 10.2 Å². The summed E-state index contributed by atoms with van der Waals surface area (Å²) in [5.41, 5.74) is 2.69. The Bertz CT molecular complexity index is 1320. The molecule has 0 spiro atoms. The summed E-state index contributed by atoms with van der Waals surface area (Å²) in [4.78, 5) is 27.1. The van der Waals surface area contributed by atoms with Gasteiger partial charge in [-0.05, 0) is 6.07 Å². The quantitative estimate of drug-likeness (QED) is 0.537. The maximum absolute atomic E-state index is 13.3. The molecule has 1 aromatic carbocycles. The van der Waals surface area contributed by atoms with Crippen LogP contribution in [-0.4, -0.2) is 52.1 Å². The standard InChI is InChI=1S/C19H18N8O2/c1-25-10-20-22-17(25)15-13-9-27(8-7-14(13)26(2)24-15)19(29)16-11-5-3-4-6-12(11)18(28)23-21-16/h3-6,10H,7-9H2,1-2H3,(H,23,28). The molecule has 29 heavy (non-hydrogen) atoms. The van der Waals surface area contributed by atoms with Crippen molar-refractivity contribution in [2.75, 3.05) is 6.54 Å². The Morgan fingerprint density at radius 3 is 2.72 bits per heavy atom. The topological polar surface area (TPSA) is 115 Å². The van der Waals surface area contributed by atoms with Gasteiger partial charge in [0.15, 0.2) is 11.5 Å². The number of amides is 1.